The molecule has 0 aliphatic rings. The van der Waals surface area contributed by atoms with Gasteiger partial charge in [0, 0.05) is 0 Å². The normalized spacial score (nSPS) is 11.5. The molecule has 1 aromatic heterocycles. The minimum atomic E-state index is -3.40. The van der Waals surface area contributed by atoms with Crippen LogP contribution < -0.4 is 0 Å². The molecule has 0 amide bonds. The van der Waals surface area contributed by atoms with Crippen molar-refractivity contribution in [3.8, 4) is 0 Å². The van der Waals surface area contributed by atoms with Crippen LogP contribution in [-0.2, 0) is 9.84 Å². The van der Waals surface area contributed by atoms with Crippen LogP contribution in [0.25, 0.3) is 0 Å². The lowest BCUT2D eigenvalue weighted by molar-refractivity contribution is 0.577. The summed E-state index contributed by atoms with van der Waals surface area (Å²) in [6.45, 7) is 1.47. The van der Waals surface area contributed by atoms with Crippen molar-refractivity contribution in [3.05, 3.63) is 18.2 Å². The monoisotopic (exact) mass is 190 g/mol. The molecule has 1 heterocycles. The highest BCUT2D eigenvalue weighted by atomic mass is 32.2. The van der Waals surface area contributed by atoms with E-state index in [9.17, 15) is 12.8 Å². The van der Waals surface area contributed by atoms with E-state index in [-0.39, 0.29) is 10.9 Å². The molecule has 0 aliphatic heterocycles. The van der Waals surface area contributed by atoms with Gasteiger partial charge in [-0.3, -0.25) is 0 Å². The van der Waals surface area contributed by atoms with Gasteiger partial charge in [-0.25, -0.2) is 22.8 Å². The van der Waals surface area contributed by atoms with Crippen molar-refractivity contribution >= 4 is 9.84 Å². The van der Waals surface area contributed by atoms with Crippen LogP contribution in [-0.4, -0.2) is 24.1 Å². The molecule has 0 spiro atoms. The number of hydrogen-bond donors (Lipinski definition) is 0. The lowest BCUT2D eigenvalue weighted by Gasteiger charge is -1.96. The first-order chi connectivity index (χ1) is 5.56. The molecule has 0 unspecified atom stereocenters. The summed E-state index contributed by atoms with van der Waals surface area (Å²) in [4.78, 5) is 6.69. The van der Waals surface area contributed by atoms with Crippen molar-refractivity contribution in [2.75, 3.05) is 5.75 Å². The van der Waals surface area contributed by atoms with Gasteiger partial charge in [0.15, 0.2) is 5.82 Å². The second-order valence-electron chi connectivity index (χ2n) is 2.09. The fraction of sp³-hybridized carbons (Fsp3) is 0.333. The highest BCUT2D eigenvalue weighted by Crippen LogP contribution is 2.02. The number of aromatic nitrogens is 2. The number of rotatable bonds is 2. The first-order valence-corrected chi connectivity index (χ1v) is 4.92. The molecule has 66 valence electrons. The SMILES string of the molecule is CCS(=O)(=O)c1ncc(F)cn1. The minimum Gasteiger partial charge on any atom is -0.224 e. The summed E-state index contributed by atoms with van der Waals surface area (Å²) in [6.07, 6.45) is 1.66. The average Bonchev–Trinajstić information content (AvgIpc) is 2.05. The quantitative estimate of drug-likeness (QED) is 0.634. The van der Waals surface area contributed by atoms with Crippen LogP contribution in [0, 0.1) is 5.82 Å². The molecule has 0 N–H and O–H groups in total. The van der Waals surface area contributed by atoms with E-state index in [0.717, 1.165) is 12.4 Å². The molecule has 4 nitrogen and oxygen atoms in total. The van der Waals surface area contributed by atoms with Gasteiger partial charge < -0.3 is 0 Å². The van der Waals surface area contributed by atoms with Crippen LogP contribution in [0.4, 0.5) is 4.39 Å². The van der Waals surface area contributed by atoms with Crippen LogP contribution in [0.2, 0.25) is 0 Å². The number of nitrogens with zero attached hydrogens (tertiary/aromatic N) is 2. The third kappa shape index (κ3) is 1.76. The van der Waals surface area contributed by atoms with E-state index in [1.807, 2.05) is 0 Å². The van der Waals surface area contributed by atoms with Gasteiger partial charge in [0.1, 0.15) is 0 Å². The summed E-state index contributed by atoms with van der Waals surface area (Å²) in [7, 11) is -3.40. The maximum atomic E-state index is 12.3. The number of hydrogen-bond acceptors (Lipinski definition) is 4. The molecular formula is C6H7FN2O2S. The fourth-order valence-electron chi connectivity index (χ4n) is 0.590. The molecule has 0 radical (unpaired) electrons. The van der Waals surface area contributed by atoms with Gasteiger partial charge in [-0.05, 0) is 0 Å². The average molecular weight is 190 g/mol. The Hall–Kier alpha value is -1.04. The predicted molar refractivity (Wildman–Crippen MR) is 39.7 cm³/mol. The van der Waals surface area contributed by atoms with Crippen molar-refractivity contribution in [1.29, 1.82) is 0 Å². The molecule has 0 bridgehead atoms. The molecule has 1 rings (SSSR count). The van der Waals surface area contributed by atoms with Crippen LogP contribution >= 0.6 is 0 Å². The molecule has 0 fully saturated rings. The van der Waals surface area contributed by atoms with Crippen LogP contribution in [0.5, 0.6) is 0 Å². The molecule has 1 aromatic rings. The van der Waals surface area contributed by atoms with E-state index < -0.39 is 15.7 Å². The Morgan fingerprint density at radius 1 is 1.42 bits per heavy atom. The van der Waals surface area contributed by atoms with E-state index in [4.69, 9.17) is 0 Å². The second kappa shape index (κ2) is 3.14. The van der Waals surface area contributed by atoms with Gasteiger partial charge in [-0.1, -0.05) is 6.92 Å². The molecule has 0 aromatic carbocycles. The summed E-state index contributed by atoms with van der Waals surface area (Å²) < 4.78 is 34.4. The molecule has 6 heteroatoms. The van der Waals surface area contributed by atoms with Gasteiger partial charge in [0.25, 0.3) is 0 Å². The van der Waals surface area contributed by atoms with Crippen LogP contribution in [0.15, 0.2) is 17.6 Å². The predicted octanol–water partition coefficient (Wildman–Crippen LogP) is 0.409. The molecule has 0 saturated heterocycles. The first kappa shape index (κ1) is 9.05. The van der Waals surface area contributed by atoms with Gasteiger partial charge >= 0.3 is 0 Å². The van der Waals surface area contributed by atoms with E-state index in [0.29, 0.717) is 0 Å². The lowest BCUT2D eigenvalue weighted by Crippen LogP contribution is -2.08. The van der Waals surface area contributed by atoms with Crippen molar-refractivity contribution in [2.24, 2.45) is 0 Å². The summed E-state index contributed by atoms with van der Waals surface area (Å²) >= 11 is 0. The smallest absolute Gasteiger partial charge is 0.224 e. The largest absolute Gasteiger partial charge is 0.247 e. The second-order valence-corrected chi connectivity index (χ2v) is 4.26. The lowest BCUT2D eigenvalue weighted by atomic mass is 10.7. The van der Waals surface area contributed by atoms with Crippen molar-refractivity contribution in [1.82, 2.24) is 9.97 Å². The standard InChI is InChI=1S/C6H7FN2O2S/c1-2-12(10,11)6-8-3-5(7)4-9-6/h3-4H,2H2,1H3. The Bertz CT molecular complexity index is 360. The molecule has 12 heavy (non-hydrogen) atoms. The third-order valence-corrected chi connectivity index (χ3v) is 2.78. The molecule has 0 aliphatic carbocycles. The Labute approximate surface area is 69.4 Å². The molecular weight excluding hydrogens is 183 g/mol. The van der Waals surface area contributed by atoms with Gasteiger partial charge in [0.2, 0.25) is 15.0 Å². The topological polar surface area (TPSA) is 59.9 Å². The van der Waals surface area contributed by atoms with Crippen molar-refractivity contribution in [3.63, 3.8) is 0 Å². The van der Waals surface area contributed by atoms with E-state index >= 15 is 0 Å². The summed E-state index contributed by atoms with van der Waals surface area (Å²) in [5.41, 5.74) is 0. The van der Waals surface area contributed by atoms with Gasteiger partial charge in [0.05, 0.1) is 18.1 Å². The van der Waals surface area contributed by atoms with Gasteiger partial charge in [-0.2, -0.15) is 0 Å². The zero-order valence-corrected chi connectivity index (χ0v) is 7.18. The van der Waals surface area contributed by atoms with Crippen molar-refractivity contribution in [2.45, 2.75) is 12.1 Å². The van der Waals surface area contributed by atoms with E-state index in [1.54, 1.807) is 0 Å². The highest BCUT2D eigenvalue weighted by molar-refractivity contribution is 7.91. The zero-order chi connectivity index (χ0) is 9.19. The van der Waals surface area contributed by atoms with Gasteiger partial charge in [-0.15, -0.1) is 0 Å². The van der Waals surface area contributed by atoms with E-state index in [2.05, 4.69) is 9.97 Å². The zero-order valence-electron chi connectivity index (χ0n) is 6.36. The Morgan fingerprint density at radius 2 is 1.92 bits per heavy atom. The summed E-state index contributed by atoms with van der Waals surface area (Å²) in [5, 5.41) is -0.327. The van der Waals surface area contributed by atoms with Crippen molar-refractivity contribution < 1.29 is 12.8 Å². The van der Waals surface area contributed by atoms with Crippen LogP contribution in [0.3, 0.4) is 0 Å². The molecule has 0 atom stereocenters. The maximum absolute atomic E-state index is 12.3. The van der Waals surface area contributed by atoms with Crippen LogP contribution in [0.1, 0.15) is 6.92 Å². The number of halogens is 1. The fourth-order valence-corrected chi connectivity index (χ4v) is 1.27. The maximum Gasteiger partial charge on any atom is 0.247 e. The van der Waals surface area contributed by atoms with E-state index in [1.165, 1.54) is 6.92 Å². The summed E-state index contributed by atoms with van der Waals surface area (Å²) in [5.74, 6) is -0.733. The number of sulfone groups is 1. The Morgan fingerprint density at radius 3 is 2.33 bits per heavy atom. The third-order valence-electron chi connectivity index (χ3n) is 1.25. The highest BCUT2D eigenvalue weighted by Gasteiger charge is 2.14. The Balaban J connectivity index is 3.14. The molecule has 0 saturated carbocycles. The minimum absolute atomic E-state index is 0.0847. The Kier molecular flexibility index (Phi) is 2.37. The summed E-state index contributed by atoms with van der Waals surface area (Å²) in [6, 6.07) is 0. The first-order valence-electron chi connectivity index (χ1n) is 3.26.